The number of piperidine rings is 2. The summed E-state index contributed by atoms with van der Waals surface area (Å²) in [6.07, 6.45) is 0.559. The molecular weight excluding hydrogens is 435 g/mol. The normalized spacial score (nSPS) is 26.2. The summed E-state index contributed by atoms with van der Waals surface area (Å²) in [7, 11) is 0. The fraction of sp³-hybridized carbons (Fsp3) is 0.500. The number of aliphatic hydroxyl groups excluding tert-OH is 1. The summed E-state index contributed by atoms with van der Waals surface area (Å²) in [5, 5.41) is 33.3. The summed E-state index contributed by atoms with van der Waals surface area (Å²) in [6, 6.07) is 13.4. The Morgan fingerprint density at radius 2 is 1.81 bits per heavy atom. The first kappa shape index (κ1) is 23.3. The first-order valence-corrected chi connectivity index (χ1v) is 11.4. The molecule has 0 bridgehead atoms. The monoisotopic (exact) mass is 464 g/mol. The molecule has 2 aliphatic heterocycles. The average Bonchev–Trinajstić information content (AvgIpc) is 2.76. The van der Waals surface area contributed by atoms with E-state index in [1.54, 1.807) is 30.3 Å². The molecule has 2 saturated heterocycles. The molecule has 0 amide bonds. The third kappa shape index (κ3) is 5.53. The number of ether oxygens (including phenoxy) is 1. The maximum atomic E-state index is 13.5. The number of anilines is 1. The number of hydrogen-bond acceptors (Lipinski definition) is 6. The molecular formula is C24H30ClFN2O4. The molecule has 0 aromatic heterocycles. The lowest BCUT2D eigenvalue weighted by Crippen LogP contribution is -2.62. The van der Waals surface area contributed by atoms with Gasteiger partial charge < -0.3 is 25.0 Å². The summed E-state index contributed by atoms with van der Waals surface area (Å²) in [5.74, 6) is 0.257. The maximum absolute atomic E-state index is 13.5. The van der Waals surface area contributed by atoms with Crippen molar-refractivity contribution in [2.24, 2.45) is 0 Å². The van der Waals surface area contributed by atoms with E-state index >= 15 is 0 Å². The van der Waals surface area contributed by atoms with Gasteiger partial charge in [-0.2, -0.15) is 0 Å². The number of likely N-dealkylation sites (tertiary alicyclic amines) is 1. The average molecular weight is 465 g/mol. The Balaban J connectivity index is 1.33. The topological polar surface area (TPSA) is 76.4 Å². The van der Waals surface area contributed by atoms with Gasteiger partial charge in [-0.05, 0) is 55.7 Å². The van der Waals surface area contributed by atoms with Crippen LogP contribution in [0.25, 0.3) is 0 Å². The van der Waals surface area contributed by atoms with Crippen LogP contribution in [0.4, 0.5) is 10.1 Å². The molecule has 2 fully saturated rings. The number of rotatable bonds is 6. The number of nitrogens with zero attached hydrogens (tertiary/aromatic N) is 2. The van der Waals surface area contributed by atoms with Gasteiger partial charge in [-0.1, -0.05) is 23.7 Å². The SMILES string of the molecule is O[C@H]1CCN(CC2(O)CCN(c3cccc(F)c3)CC2)C[C@]1(O)COc1cccc(Cl)c1. The zero-order valence-corrected chi connectivity index (χ0v) is 18.7. The Morgan fingerprint density at radius 1 is 1.06 bits per heavy atom. The lowest BCUT2D eigenvalue weighted by molar-refractivity contribution is -0.149. The van der Waals surface area contributed by atoms with Crippen LogP contribution in [0.15, 0.2) is 48.5 Å². The van der Waals surface area contributed by atoms with Crippen LogP contribution in [0, 0.1) is 5.82 Å². The standard InChI is InChI=1S/C24H30ClFN2O4/c25-18-3-1-6-21(13-18)32-17-24(31)16-27(10-7-22(24)29)15-23(30)8-11-28(12-9-23)20-5-2-4-19(26)14-20/h1-6,13-14,22,29-31H,7-12,15-17H2/t22-,24-/m0/s1. The largest absolute Gasteiger partial charge is 0.490 e. The molecule has 2 heterocycles. The Hall–Kier alpha value is -1.90. The summed E-state index contributed by atoms with van der Waals surface area (Å²) in [4.78, 5) is 4.07. The fourth-order valence-corrected chi connectivity index (χ4v) is 4.80. The molecule has 2 aromatic carbocycles. The van der Waals surface area contributed by atoms with Gasteiger partial charge in [-0.25, -0.2) is 4.39 Å². The third-order valence-electron chi connectivity index (χ3n) is 6.51. The molecule has 2 atom stereocenters. The smallest absolute Gasteiger partial charge is 0.137 e. The number of benzene rings is 2. The van der Waals surface area contributed by atoms with Gasteiger partial charge in [-0.3, -0.25) is 4.90 Å². The van der Waals surface area contributed by atoms with Gasteiger partial charge in [0, 0.05) is 43.4 Å². The van der Waals surface area contributed by atoms with Gasteiger partial charge in [-0.15, -0.1) is 0 Å². The molecule has 0 radical (unpaired) electrons. The lowest BCUT2D eigenvalue weighted by atomic mass is 9.86. The molecule has 32 heavy (non-hydrogen) atoms. The molecule has 0 saturated carbocycles. The van der Waals surface area contributed by atoms with Crippen molar-refractivity contribution in [2.45, 2.75) is 36.6 Å². The van der Waals surface area contributed by atoms with E-state index in [0.29, 0.717) is 56.2 Å². The van der Waals surface area contributed by atoms with E-state index in [9.17, 15) is 19.7 Å². The lowest BCUT2D eigenvalue weighted by Gasteiger charge is -2.46. The Morgan fingerprint density at radius 3 is 2.53 bits per heavy atom. The summed E-state index contributed by atoms with van der Waals surface area (Å²) < 4.78 is 19.2. The highest BCUT2D eigenvalue weighted by atomic mass is 35.5. The van der Waals surface area contributed by atoms with Crippen molar-refractivity contribution in [3.8, 4) is 5.75 Å². The Labute approximate surface area is 192 Å². The van der Waals surface area contributed by atoms with Crippen LogP contribution in [-0.4, -0.2) is 76.9 Å². The third-order valence-corrected chi connectivity index (χ3v) is 6.74. The second kappa shape index (κ2) is 9.53. The predicted octanol–water partition coefficient (Wildman–Crippen LogP) is 2.69. The van der Waals surface area contributed by atoms with E-state index in [0.717, 1.165) is 5.69 Å². The molecule has 6 nitrogen and oxygen atoms in total. The second-order valence-electron chi connectivity index (χ2n) is 9.06. The molecule has 174 valence electrons. The van der Waals surface area contributed by atoms with Crippen LogP contribution in [-0.2, 0) is 0 Å². The minimum absolute atomic E-state index is 0.0726. The Kier molecular flexibility index (Phi) is 6.93. The molecule has 4 rings (SSSR count). The highest BCUT2D eigenvalue weighted by molar-refractivity contribution is 6.30. The van der Waals surface area contributed by atoms with Gasteiger partial charge in [0.05, 0.1) is 11.7 Å². The zero-order chi connectivity index (χ0) is 22.8. The minimum Gasteiger partial charge on any atom is -0.490 e. The zero-order valence-electron chi connectivity index (χ0n) is 18.0. The minimum atomic E-state index is -1.45. The maximum Gasteiger partial charge on any atom is 0.137 e. The molecule has 2 aliphatic rings. The number of β-amino-alcohol motifs (C(OH)–C–C–N with tert-alkyl or cyclic N) is 2. The first-order chi connectivity index (χ1) is 15.2. The summed E-state index contributed by atoms with van der Waals surface area (Å²) >= 11 is 5.98. The van der Waals surface area contributed by atoms with Crippen molar-refractivity contribution in [3.05, 3.63) is 59.4 Å². The molecule has 0 spiro atoms. The van der Waals surface area contributed by atoms with Crippen molar-refractivity contribution in [1.82, 2.24) is 4.90 Å². The van der Waals surface area contributed by atoms with Crippen molar-refractivity contribution in [3.63, 3.8) is 0 Å². The highest BCUT2D eigenvalue weighted by Crippen LogP contribution is 2.30. The van der Waals surface area contributed by atoms with Crippen LogP contribution in [0.1, 0.15) is 19.3 Å². The number of aliphatic hydroxyl groups is 3. The molecule has 3 N–H and O–H groups in total. The van der Waals surface area contributed by atoms with Crippen LogP contribution in [0.5, 0.6) is 5.75 Å². The van der Waals surface area contributed by atoms with Crippen LogP contribution in [0.2, 0.25) is 5.02 Å². The van der Waals surface area contributed by atoms with Crippen molar-refractivity contribution in [1.29, 1.82) is 0 Å². The Bertz CT molecular complexity index is 924. The van der Waals surface area contributed by atoms with Gasteiger partial charge in [0.15, 0.2) is 0 Å². The van der Waals surface area contributed by atoms with Gasteiger partial charge in [0.1, 0.15) is 23.8 Å². The van der Waals surface area contributed by atoms with E-state index in [1.165, 1.54) is 12.1 Å². The quantitative estimate of drug-likeness (QED) is 0.610. The first-order valence-electron chi connectivity index (χ1n) is 11.0. The van der Waals surface area contributed by atoms with E-state index < -0.39 is 17.3 Å². The van der Waals surface area contributed by atoms with Gasteiger partial charge >= 0.3 is 0 Å². The van der Waals surface area contributed by atoms with Crippen LogP contribution in [0.3, 0.4) is 0 Å². The number of hydrogen-bond donors (Lipinski definition) is 3. The second-order valence-corrected chi connectivity index (χ2v) is 9.49. The fourth-order valence-electron chi connectivity index (χ4n) is 4.62. The number of halogens is 2. The van der Waals surface area contributed by atoms with Gasteiger partial charge in [0.2, 0.25) is 0 Å². The predicted molar refractivity (Wildman–Crippen MR) is 122 cm³/mol. The summed E-state index contributed by atoms with van der Waals surface area (Å²) in [5.41, 5.74) is -1.53. The van der Waals surface area contributed by atoms with Crippen molar-refractivity contribution >= 4 is 17.3 Å². The van der Waals surface area contributed by atoms with Crippen molar-refractivity contribution in [2.75, 3.05) is 44.2 Å². The van der Waals surface area contributed by atoms with E-state index in [4.69, 9.17) is 16.3 Å². The summed E-state index contributed by atoms with van der Waals surface area (Å²) in [6.45, 7) is 2.35. The van der Waals surface area contributed by atoms with Crippen LogP contribution >= 0.6 is 11.6 Å². The van der Waals surface area contributed by atoms with E-state index in [-0.39, 0.29) is 19.0 Å². The van der Waals surface area contributed by atoms with Gasteiger partial charge in [0.25, 0.3) is 0 Å². The van der Waals surface area contributed by atoms with E-state index in [2.05, 4.69) is 4.90 Å². The van der Waals surface area contributed by atoms with E-state index in [1.807, 2.05) is 11.0 Å². The van der Waals surface area contributed by atoms with Crippen LogP contribution < -0.4 is 9.64 Å². The molecule has 0 unspecified atom stereocenters. The molecule has 8 heteroatoms. The molecule has 0 aliphatic carbocycles. The highest BCUT2D eigenvalue weighted by Gasteiger charge is 2.44. The molecule has 2 aromatic rings. The van der Waals surface area contributed by atoms with Crippen molar-refractivity contribution < 1.29 is 24.4 Å².